The molecule has 0 spiro atoms. The number of aryl methyl sites for hydroxylation is 1. The van der Waals surface area contributed by atoms with Crippen molar-refractivity contribution in [3.05, 3.63) is 52.1 Å². The molecule has 0 aliphatic heterocycles. The second kappa shape index (κ2) is 6.55. The molecule has 0 aliphatic rings. The molecule has 1 heterocycles. The number of benzene rings is 1. The third-order valence-corrected chi connectivity index (χ3v) is 3.57. The van der Waals surface area contributed by atoms with Crippen LogP contribution in [0.1, 0.15) is 35.0 Å². The molecule has 1 aromatic carbocycles. The van der Waals surface area contributed by atoms with Crippen LogP contribution in [0.5, 0.6) is 0 Å². The predicted molar refractivity (Wildman–Crippen MR) is 80.5 cm³/mol. The van der Waals surface area contributed by atoms with Crippen molar-refractivity contribution in [3.8, 4) is 11.8 Å². The van der Waals surface area contributed by atoms with E-state index < -0.39 is 0 Å². The molecule has 3 nitrogen and oxygen atoms in total. The Morgan fingerprint density at radius 1 is 1.33 bits per heavy atom. The lowest BCUT2D eigenvalue weighted by molar-refractivity contribution is 0.350. The van der Waals surface area contributed by atoms with Crippen molar-refractivity contribution in [2.75, 3.05) is 6.61 Å². The van der Waals surface area contributed by atoms with Crippen LogP contribution in [0.3, 0.4) is 0 Å². The highest BCUT2D eigenvalue weighted by Crippen LogP contribution is 2.17. The van der Waals surface area contributed by atoms with E-state index >= 15 is 0 Å². The van der Waals surface area contributed by atoms with Crippen LogP contribution in [0.2, 0.25) is 0 Å². The maximum atomic E-state index is 14.1. The number of halogens is 1. The summed E-state index contributed by atoms with van der Waals surface area (Å²) in [5.74, 6) is 4.91. The summed E-state index contributed by atoms with van der Waals surface area (Å²) in [6, 6.07) is 4.87. The topological polar surface area (TPSA) is 38.0 Å². The Hall–Kier alpha value is -2.12. The number of aliphatic hydroxyl groups is 1. The third kappa shape index (κ3) is 3.32. The number of nitrogens with zero attached hydrogens (tertiary/aromatic N) is 2. The van der Waals surface area contributed by atoms with Crippen molar-refractivity contribution in [2.45, 2.75) is 33.7 Å². The van der Waals surface area contributed by atoms with E-state index in [0.29, 0.717) is 17.7 Å². The van der Waals surface area contributed by atoms with Crippen molar-refractivity contribution in [1.82, 2.24) is 9.78 Å². The van der Waals surface area contributed by atoms with E-state index in [2.05, 4.69) is 23.9 Å². The summed E-state index contributed by atoms with van der Waals surface area (Å²) < 4.78 is 16.0. The molecule has 1 N–H and O–H groups in total. The standard InChI is InChI=1S/C17H19FN2O/c1-4-16-12(2)19-20(13(16)3)11-15-8-7-14(6-5-9-21)10-17(15)18/h7-8,10,21H,4,9,11H2,1-3H3. The smallest absolute Gasteiger partial charge is 0.129 e. The molecule has 0 saturated heterocycles. The van der Waals surface area contributed by atoms with Gasteiger partial charge in [0.1, 0.15) is 12.4 Å². The van der Waals surface area contributed by atoms with Crippen LogP contribution in [0.4, 0.5) is 4.39 Å². The molecule has 110 valence electrons. The second-order valence-electron chi connectivity index (χ2n) is 4.93. The van der Waals surface area contributed by atoms with Gasteiger partial charge in [-0.05, 0) is 38.0 Å². The fourth-order valence-corrected chi connectivity index (χ4v) is 2.46. The van der Waals surface area contributed by atoms with Crippen LogP contribution in [0, 0.1) is 31.5 Å². The summed E-state index contributed by atoms with van der Waals surface area (Å²) in [7, 11) is 0. The van der Waals surface area contributed by atoms with Gasteiger partial charge in [-0.25, -0.2) is 4.39 Å². The summed E-state index contributed by atoms with van der Waals surface area (Å²) in [5, 5.41) is 13.1. The van der Waals surface area contributed by atoms with Crippen molar-refractivity contribution in [3.63, 3.8) is 0 Å². The van der Waals surface area contributed by atoms with Gasteiger partial charge in [-0.1, -0.05) is 24.8 Å². The molecule has 2 aromatic rings. The second-order valence-corrected chi connectivity index (χ2v) is 4.93. The van der Waals surface area contributed by atoms with Gasteiger partial charge in [0.25, 0.3) is 0 Å². The van der Waals surface area contributed by atoms with E-state index in [0.717, 1.165) is 17.8 Å². The summed E-state index contributed by atoms with van der Waals surface area (Å²) in [6.07, 6.45) is 0.926. The van der Waals surface area contributed by atoms with Gasteiger partial charge < -0.3 is 5.11 Å². The quantitative estimate of drug-likeness (QED) is 0.881. The Balaban J connectivity index is 2.28. The molecule has 0 atom stereocenters. The van der Waals surface area contributed by atoms with E-state index in [-0.39, 0.29) is 12.4 Å². The first kappa shape index (κ1) is 15.3. The van der Waals surface area contributed by atoms with Gasteiger partial charge in [0.15, 0.2) is 0 Å². The fourth-order valence-electron chi connectivity index (χ4n) is 2.46. The lowest BCUT2D eigenvalue weighted by atomic mass is 10.1. The number of aromatic nitrogens is 2. The molecule has 0 fully saturated rings. The van der Waals surface area contributed by atoms with Crippen LogP contribution in [0.25, 0.3) is 0 Å². The van der Waals surface area contributed by atoms with E-state index in [4.69, 9.17) is 5.11 Å². The zero-order chi connectivity index (χ0) is 15.4. The minimum Gasteiger partial charge on any atom is -0.384 e. The highest BCUT2D eigenvalue weighted by Gasteiger charge is 2.11. The molecular weight excluding hydrogens is 267 g/mol. The minimum absolute atomic E-state index is 0.227. The Labute approximate surface area is 124 Å². The Bertz CT molecular complexity index is 708. The fraction of sp³-hybridized carbons (Fsp3) is 0.353. The van der Waals surface area contributed by atoms with E-state index in [1.54, 1.807) is 12.1 Å². The summed E-state index contributed by atoms with van der Waals surface area (Å²) in [4.78, 5) is 0. The number of hydrogen-bond acceptors (Lipinski definition) is 2. The number of aliphatic hydroxyl groups excluding tert-OH is 1. The van der Waals surface area contributed by atoms with Crippen LogP contribution in [0.15, 0.2) is 18.2 Å². The average Bonchev–Trinajstić information content (AvgIpc) is 2.73. The van der Waals surface area contributed by atoms with Crippen LogP contribution < -0.4 is 0 Å². The molecule has 4 heteroatoms. The van der Waals surface area contributed by atoms with E-state index in [9.17, 15) is 4.39 Å². The van der Waals surface area contributed by atoms with Gasteiger partial charge in [-0.3, -0.25) is 4.68 Å². The van der Waals surface area contributed by atoms with Crippen LogP contribution in [-0.2, 0) is 13.0 Å². The molecule has 21 heavy (non-hydrogen) atoms. The Morgan fingerprint density at radius 3 is 2.67 bits per heavy atom. The molecular formula is C17H19FN2O. The zero-order valence-electron chi connectivity index (χ0n) is 12.6. The van der Waals surface area contributed by atoms with Gasteiger partial charge in [-0.2, -0.15) is 5.10 Å². The molecule has 1 aromatic heterocycles. The molecule has 0 aliphatic carbocycles. The molecule has 0 bridgehead atoms. The van der Waals surface area contributed by atoms with E-state index in [1.807, 2.05) is 18.5 Å². The van der Waals surface area contributed by atoms with Crippen LogP contribution >= 0.6 is 0 Å². The van der Waals surface area contributed by atoms with E-state index in [1.165, 1.54) is 11.6 Å². The number of hydrogen-bond donors (Lipinski definition) is 1. The largest absolute Gasteiger partial charge is 0.384 e. The third-order valence-electron chi connectivity index (χ3n) is 3.57. The highest BCUT2D eigenvalue weighted by atomic mass is 19.1. The first-order valence-corrected chi connectivity index (χ1v) is 6.97. The normalized spacial score (nSPS) is 10.3. The molecule has 0 saturated carbocycles. The van der Waals surface area contributed by atoms with Crippen molar-refractivity contribution >= 4 is 0 Å². The first-order chi connectivity index (χ1) is 10.1. The van der Waals surface area contributed by atoms with Gasteiger partial charge in [0, 0.05) is 16.8 Å². The molecule has 2 rings (SSSR count). The molecule has 0 unspecified atom stereocenters. The first-order valence-electron chi connectivity index (χ1n) is 6.97. The van der Waals surface area contributed by atoms with Crippen molar-refractivity contribution in [1.29, 1.82) is 0 Å². The lowest BCUT2D eigenvalue weighted by Gasteiger charge is -2.07. The highest BCUT2D eigenvalue weighted by molar-refractivity contribution is 5.37. The van der Waals surface area contributed by atoms with Gasteiger partial charge in [0.2, 0.25) is 0 Å². The summed E-state index contributed by atoms with van der Waals surface area (Å²) in [6.45, 7) is 6.27. The predicted octanol–water partition coefficient (Wildman–Crippen LogP) is 2.59. The zero-order valence-corrected chi connectivity index (χ0v) is 12.6. The minimum atomic E-state index is -0.301. The number of rotatable bonds is 3. The van der Waals surface area contributed by atoms with Crippen molar-refractivity contribution < 1.29 is 9.50 Å². The van der Waals surface area contributed by atoms with Gasteiger partial charge in [0.05, 0.1) is 12.2 Å². The maximum absolute atomic E-state index is 14.1. The molecule has 0 amide bonds. The summed E-state index contributed by atoms with van der Waals surface area (Å²) in [5.41, 5.74) is 4.45. The van der Waals surface area contributed by atoms with Gasteiger partial charge >= 0.3 is 0 Å². The Kier molecular flexibility index (Phi) is 4.77. The van der Waals surface area contributed by atoms with Gasteiger partial charge in [-0.15, -0.1) is 0 Å². The molecule has 0 radical (unpaired) electrons. The average molecular weight is 286 g/mol. The monoisotopic (exact) mass is 286 g/mol. The summed E-state index contributed by atoms with van der Waals surface area (Å²) >= 11 is 0. The maximum Gasteiger partial charge on any atom is 0.129 e. The Morgan fingerprint density at radius 2 is 2.10 bits per heavy atom. The lowest BCUT2D eigenvalue weighted by Crippen LogP contribution is -2.06. The van der Waals surface area contributed by atoms with Crippen molar-refractivity contribution in [2.24, 2.45) is 0 Å². The SMILES string of the molecule is CCc1c(C)nn(Cc2ccc(C#CCO)cc2F)c1C. The van der Waals surface area contributed by atoms with Crippen LogP contribution in [-0.4, -0.2) is 21.5 Å².